The molecule has 12 heteroatoms. The number of rotatable bonds is 3. The van der Waals surface area contributed by atoms with Gasteiger partial charge in [0.05, 0.1) is 11.9 Å². The summed E-state index contributed by atoms with van der Waals surface area (Å²) >= 11 is -0.908. The average Bonchev–Trinajstić information content (AvgIpc) is 3.52. The van der Waals surface area contributed by atoms with Gasteiger partial charge < -0.3 is 19.7 Å². The lowest BCUT2D eigenvalue weighted by Crippen LogP contribution is -2.36. The van der Waals surface area contributed by atoms with Crippen LogP contribution in [0.25, 0.3) is 17.0 Å². The Morgan fingerprint density at radius 3 is 2.76 bits per heavy atom. The molecule has 33 heavy (non-hydrogen) atoms. The Morgan fingerprint density at radius 1 is 1.18 bits per heavy atom. The number of aromatic nitrogens is 4. The third kappa shape index (κ3) is 5.07. The van der Waals surface area contributed by atoms with Crippen LogP contribution in [0.15, 0.2) is 83.5 Å². The highest BCUT2D eigenvalue weighted by atomic mass is 32.2. The fourth-order valence-electron chi connectivity index (χ4n) is 2.78. The van der Waals surface area contributed by atoms with Gasteiger partial charge in [0.15, 0.2) is 16.5 Å². The van der Waals surface area contributed by atoms with E-state index in [1.54, 1.807) is 46.5 Å². The molecule has 1 aliphatic rings. The van der Waals surface area contributed by atoms with Gasteiger partial charge in [-0.25, -0.2) is 14.1 Å². The molecule has 0 aliphatic carbocycles. The number of hydrogen-bond acceptors (Lipinski definition) is 8. The number of amides is 1. The van der Waals surface area contributed by atoms with Gasteiger partial charge in [-0.05, 0) is 42.5 Å². The molecule has 10 nitrogen and oxygen atoms in total. The summed E-state index contributed by atoms with van der Waals surface area (Å²) in [5.74, 6) is -0.734. The molecule has 1 aromatic carbocycles. The molecule has 0 saturated heterocycles. The van der Waals surface area contributed by atoms with Gasteiger partial charge in [0.2, 0.25) is 12.2 Å². The molecule has 0 saturated carbocycles. The number of nitrogens with one attached hydrogen (secondary N) is 2. The van der Waals surface area contributed by atoms with Gasteiger partial charge in [0.25, 0.3) is 5.91 Å². The van der Waals surface area contributed by atoms with E-state index < -0.39 is 28.1 Å². The van der Waals surface area contributed by atoms with Gasteiger partial charge in [-0.3, -0.25) is 9.20 Å². The normalized spacial score (nSPS) is 14.3. The molecule has 166 valence electrons. The van der Waals surface area contributed by atoms with Crippen LogP contribution >= 0.6 is 0 Å². The number of carboxylic acid groups (broad SMARTS) is 1. The number of halogens is 1. The number of carbonyl (C=O) groups is 2. The standard InChI is InChI=1S/C16H10FN5O2.C5H5NO2S/c17-11-5-4-10(15-19-9-24-21-15)7-12(11)20-16(23)13-8-18-14-3-1-2-6-22(13)14;7-5(8)9-4-2-1-3-6-9/h1-9H,(H,20,23);1-4,6H. The molecule has 4 heterocycles. The van der Waals surface area contributed by atoms with Crippen LogP contribution in [0.2, 0.25) is 0 Å². The lowest BCUT2D eigenvalue weighted by Gasteiger charge is -2.07. The maximum absolute atomic E-state index is 14.0. The van der Waals surface area contributed by atoms with Crippen LogP contribution in [-0.4, -0.2) is 30.7 Å². The van der Waals surface area contributed by atoms with Crippen LogP contribution in [-0.2, 0) is 11.1 Å². The first-order valence-electron chi connectivity index (χ1n) is 9.36. The first kappa shape index (κ1) is 21.8. The number of allylic oxidation sites excluding steroid dienone is 2. The van der Waals surface area contributed by atoms with E-state index in [4.69, 9.17) is 0 Å². The van der Waals surface area contributed by atoms with E-state index in [0.717, 1.165) is 0 Å². The SMILES string of the molecule is O=C(Nc1cc(-c2ncon2)ccc1F)c1cnc2ccccn12.O=C([O-])[S+]1C=CC=CN1. The van der Waals surface area contributed by atoms with Gasteiger partial charge in [-0.1, -0.05) is 11.2 Å². The monoisotopic (exact) mass is 466 g/mol. The van der Waals surface area contributed by atoms with E-state index >= 15 is 0 Å². The van der Waals surface area contributed by atoms with Crippen molar-refractivity contribution in [3.05, 3.63) is 90.5 Å². The molecule has 2 N–H and O–H groups in total. The van der Waals surface area contributed by atoms with E-state index in [0.29, 0.717) is 22.7 Å². The number of fused-ring (bicyclic) bond motifs is 1. The van der Waals surface area contributed by atoms with Crippen molar-refractivity contribution in [3.8, 4) is 11.4 Å². The van der Waals surface area contributed by atoms with Crippen molar-refractivity contribution >= 4 is 33.6 Å². The average molecular weight is 466 g/mol. The number of pyridine rings is 1. The molecule has 1 amide bonds. The Morgan fingerprint density at radius 2 is 2.06 bits per heavy atom. The van der Waals surface area contributed by atoms with Gasteiger partial charge in [0, 0.05) is 18.0 Å². The number of hydrogen-bond donors (Lipinski definition) is 2. The minimum Gasteiger partial charge on any atom is -0.502 e. The Bertz CT molecular complexity index is 1350. The molecule has 0 bridgehead atoms. The second-order valence-electron chi connectivity index (χ2n) is 6.37. The summed E-state index contributed by atoms with van der Waals surface area (Å²) in [6.07, 6.45) is 9.31. The van der Waals surface area contributed by atoms with Crippen LogP contribution in [0.4, 0.5) is 14.9 Å². The fraction of sp³-hybridized carbons (Fsp3) is 0. The predicted molar refractivity (Wildman–Crippen MR) is 117 cm³/mol. The fourth-order valence-corrected chi connectivity index (χ4v) is 3.54. The summed E-state index contributed by atoms with van der Waals surface area (Å²) in [5, 5.41) is 16.8. The van der Waals surface area contributed by atoms with E-state index in [-0.39, 0.29) is 5.69 Å². The van der Waals surface area contributed by atoms with Gasteiger partial charge >= 0.3 is 5.30 Å². The summed E-state index contributed by atoms with van der Waals surface area (Å²) in [4.78, 5) is 30.6. The van der Waals surface area contributed by atoms with Crippen molar-refractivity contribution in [1.29, 1.82) is 0 Å². The van der Waals surface area contributed by atoms with Crippen LogP contribution in [0.1, 0.15) is 10.5 Å². The quantitative estimate of drug-likeness (QED) is 0.439. The summed E-state index contributed by atoms with van der Waals surface area (Å²) < 4.78 is 22.9. The molecule has 0 spiro atoms. The lowest BCUT2D eigenvalue weighted by atomic mass is 10.2. The van der Waals surface area contributed by atoms with Crippen molar-refractivity contribution in [3.63, 3.8) is 0 Å². The van der Waals surface area contributed by atoms with Crippen molar-refractivity contribution in [1.82, 2.24) is 24.2 Å². The van der Waals surface area contributed by atoms with Crippen LogP contribution < -0.4 is 15.1 Å². The molecule has 4 aromatic rings. The molecular weight excluding hydrogens is 451 g/mol. The lowest BCUT2D eigenvalue weighted by molar-refractivity contribution is -0.233. The number of anilines is 1. The van der Waals surface area contributed by atoms with Crippen LogP contribution in [0, 0.1) is 5.82 Å². The van der Waals surface area contributed by atoms with E-state index in [9.17, 15) is 19.1 Å². The molecule has 1 atom stereocenters. The zero-order valence-electron chi connectivity index (χ0n) is 16.7. The van der Waals surface area contributed by atoms with Crippen molar-refractivity contribution in [2.24, 2.45) is 0 Å². The number of benzene rings is 1. The van der Waals surface area contributed by atoms with Crippen LogP contribution in [0.5, 0.6) is 0 Å². The number of nitrogens with zero attached hydrogens (tertiary/aromatic N) is 4. The van der Waals surface area contributed by atoms with Crippen LogP contribution in [0.3, 0.4) is 0 Å². The molecule has 1 unspecified atom stereocenters. The first-order chi connectivity index (χ1) is 16.0. The maximum Gasteiger partial charge on any atom is 0.306 e. The largest absolute Gasteiger partial charge is 0.502 e. The van der Waals surface area contributed by atoms with E-state index in [1.807, 2.05) is 6.07 Å². The second kappa shape index (κ2) is 9.78. The van der Waals surface area contributed by atoms with Crippen molar-refractivity contribution < 1.29 is 23.6 Å². The number of imidazole rings is 1. The Balaban J connectivity index is 0.000000243. The van der Waals surface area contributed by atoms with Gasteiger partial charge in [-0.15, -0.1) is 0 Å². The highest BCUT2D eigenvalue weighted by molar-refractivity contribution is 8.11. The summed E-state index contributed by atoms with van der Waals surface area (Å²) in [6, 6.07) is 9.55. The zero-order valence-corrected chi connectivity index (χ0v) is 17.5. The summed E-state index contributed by atoms with van der Waals surface area (Å²) in [5.41, 5.74) is 1.48. The van der Waals surface area contributed by atoms with E-state index in [2.05, 4.69) is 29.7 Å². The molecule has 3 aromatic heterocycles. The first-order valence-corrected chi connectivity index (χ1v) is 10.6. The molecule has 5 rings (SSSR count). The summed E-state index contributed by atoms with van der Waals surface area (Å²) in [6.45, 7) is 0. The Kier molecular flexibility index (Phi) is 6.45. The third-order valence-corrected chi connectivity index (χ3v) is 5.46. The topological polar surface area (TPSA) is 137 Å². The molecule has 0 radical (unpaired) electrons. The molecule has 1 aliphatic heterocycles. The molecular formula is C21H15FN6O4S. The van der Waals surface area contributed by atoms with E-state index in [1.165, 1.54) is 30.8 Å². The Hall–Kier alpha value is -4.45. The minimum atomic E-state index is -1.07. The number of carbonyl (C=O) groups excluding carboxylic acids is 2. The highest BCUT2D eigenvalue weighted by Crippen LogP contribution is 2.23. The minimum absolute atomic E-state index is 0.0215. The Labute approximate surface area is 188 Å². The van der Waals surface area contributed by atoms with Crippen molar-refractivity contribution in [2.75, 3.05) is 5.32 Å². The van der Waals surface area contributed by atoms with Gasteiger partial charge in [0.1, 0.15) is 17.2 Å². The van der Waals surface area contributed by atoms with Gasteiger partial charge in [-0.2, -0.15) is 4.98 Å². The second-order valence-corrected chi connectivity index (χ2v) is 7.89. The van der Waals surface area contributed by atoms with Crippen molar-refractivity contribution in [2.45, 2.75) is 0 Å². The molecule has 0 fully saturated rings. The third-order valence-electron chi connectivity index (χ3n) is 4.28. The zero-order chi connectivity index (χ0) is 23.2. The predicted octanol–water partition coefficient (Wildman–Crippen LogP) is 2.27. The summed E-state index contributed by atoms with van der Waals surface area (Å²) in [7, 11) is 0. The smallest absolute Gasteiger partial charge is 0.306 e. The maximum atomic E-state index is 14.0. The highest BCUT2D eigenvalue weighted by Gasteiger charge is 2.17.